The first-order chi connectivity index (χ1) is 7.66. The maximum atomic E-state index is 11.0. The summed E-state index contributed by atoms with van der Waals surface area (Å²) in [5.74, 6) is 0. The first-order valence-corrected chi connectivity index (χ1v) is 5.07. The molecule has 1 aromatic heterocycles. The Morgan fingerprint density at radius 2 is 2.56 bits per heavy atom. The molecule has 1 aliphatic rings. The Balaban J connectivity index is 2.05. The topological polar surface area (TPSA) is 97.9 Å². The summed E-state index contributed by atoms with van der Waals surface area (Å²) >= 11 is 0.887. The summed E-state index contributed by atoms with van der Waals surface area (Å²) in [7, 11) is 0. The van der Waals surface area contributed by atoms with Gasteiger partial charge in [-0.3, -0.25) is 10.1 Å². The number of nitrogens with zero attached hydrogens (tertiary/aromatic N) is 4. The molecule has 2 rings (SSSR count). The summed E-state index contributed by atoms with van der Waals surface area (Å²) in [6, 6.07) is 0. The average Bonchev–Trinajstić information content (AvgIpc) is 2.83. The fourth-order valence-electron chi connectivity index (χ4n) is 1.03. The van der Waals surface area contributed by atoms with Gasteiger partial charge in [0.25, 0.3) is 0 Å². The van der Waals surface area contributed by atoms with Crippen LogP contribution in [0.25, 0.3) is 0 Å². The van der Waals surface area contributed by atoms with Crippen molar-refractivity contribution >= 4 is 28.6 Å². The minimum absolute atomic E-state index is 0.0644. The lowest BCUT2D eigenvalue weighted by Gasteiger charge is -2.01. The van der Waals surface area contributed by atoms with Crippen molar-refractivity contribution in [2.45, 2.75) is 0 Å². The Labute approximate surface area is 93.3 Å². The molecule has 1 aliphatic heterocycles. The Morgan fingerprint density at radius 3 is 3.12 bits per heavy atom. The first-order valence-electron chi connectivity index (χ1n) is 4.25. The lowest BCUT2D eigenvalue weighted by molar-refractivity contribution is -0.380. The summed E-state index contributed by atoms with van der Waals surface area (Å²) in [5, 5.41) is 15.6. The molecule has 1 amide bonds. The summed E-state index contributed by atoms with van der Waals surface area (Å²) in [5.41, 5.74) is 0. The zero-order valence-electron chi connectivity index (χ0n) is 7.90. The van der Waals surface area contributed by atoms with E-state index in [0.717, 1.165) is 22.5 Å². The van der Waals surface area contributed by atoms with Crippen LogP contribution in [-0.4, -0.2) is 40.4 Å². The average molecular weight is 242 g/mol. The van der Waals surface area contributed by atoms with Gasteiger partial charge in [-0.2, -0.15) is 10.1 Å². The number of carbonyl (C=O) groups excluding carboxylic acids is 1. The van der Waals surface area contributed by atoms with E-state index in [2.05, 4.69) is 14.8 Å². The number of ether oxygens (including phenoxy) is 1. The van der Waals surface area contributed by atoms with Crippen molar-refractivity contribution in [2.24, 2.45) is 5.10 Å². The van der Waals surface area contributed by atoms with Crippen molar-refractivity contribution in [2.75, 3.05) is 13.2 Å². The third-order valence-electron chi connectivity index (χ3n) is 1.74. The van der Waals surface area contributed by atoms with Crippen molar-refractivity contribution in [3.8, 4) is 0 Å². The summed E-state index contributed by atoms with van der Waals surface area (Å²) < 4.78 is 4.65. The summed E-state index contributed by atoms with van der Waals surface area (Å²) in [6.07, 6.45) is 1.92. The molecule has 8 nitrogen and oxygen atoms in total. The Morgan fingerprint density at radius 1 is 1.75 bits per heavy atom. The first kappa shape index (κ1) is 10.5. The van der Waals surface area contributed by atoms with Gasteiger partial charge < -0.3 is 4.74 Å². The number of hydrogen-bond donors (Lipinski definition) is 0. The molecule has 0 atom stereocenters. The summed E-state index contributed by atoms with van der Waals surface area (Å²) in [6.45, 7) is 0.678. The molecule has 1 aromatic rings. The maximum absolute atomic E-state index is 11.0. The molecule has 1 fully saturated rings. The van der Waals surface area contributed by atoms with Crippen molar-refractivity contribution in [1.29, 1.82) is 0 Å². The second kappa shape index (κ2) is 4.23. The highest BCUT2D eigenvalue weighted by Gasteiger charge is 2.20. The highest BCUT2D eigenvalue weighted by atomic mass is 32.1. The van der Waals surface area contributed by atoms with Crippen LogP contribution in [0.1, 0.15) is 5.01 Å². The number of rotatable bonds is 3. The van der Waals surface area contributed by atoms with E-state index in [4.69, 9.17) is 0 Å². The van der Waals surface area contributed by atoms with Gasteiger partial charge in [0.15, 0.2) is 0 Å². The molecule has 0 unspecified atom stereocenters. The fourth-order valence-corrected chi connectivity index (χ4v) is 1.63. The van der Waals surface area contributed by atoms with Gasteiger partial charge in [0, 0.05) is 0 Å². The number of thiazole rings is 1. The predicted molar refractivity (Wildman–Crippen MR) is 54.4 cm³/mol. The van der Waals surface area contributed by atoms with E-state index in [9.17, 15) is 14.9 Å². The van der Waals surface area contributed by atoms with E-state index in [0.29, 0.717) is 18.2 Å². The van der Waals surface area contributed by atoms with E-state index in [1.807, 2.05) is 0 Å². The van der Waals surface area contributed by atoms with Crippen molar-refractivity contribution < 1.29 is 14.5 Å². The fraction of sp³-hybridized carbons (Fsp3) is 0.286. The molecular weight excluding hydrogens is 236 g/mol. The number of cyclic esters (lactones) is 1. The van der Waals surface area contributed by atoms with Crippen molar-refractivity contribution in [3.05, 3.63) is 21.3 Å². The number of amides is 1. The zero-order chi connectivity index (χ0) is 11.5. The van der Waals surface area contributed by atoms with E-state index < -0.39 is 11.0 Å². The van der Waals surface area contributed by atoms with Crippen LogP contribution in [0, 0.1) is 10.1 Å². The van der Waals surface area contributed by atoms with Crippen molar-refractivity contribution in [1.82, 2.24) is 9.99 Å². The lowest BCUT2D eigenvalue weighted by atomic mass is 10.7. The smallest absolute Gasteiger partial charge is 0.430 e. The van der Waals surface area contributed by atoms with Crippen LogP contribution in [0.4, 0.5) is 9.80 Å². The highest BCUT2D eigenvalue weighted by molar-refractivity contribution is 7.16. The molecule has 0 bridgehead atoms. The van der Waals surface area contributed by atoms with E-state index in [-0.39, 0.29) is 5.00 Å². The van der Waals surface area contributed by atoms with E-state index >= 15 is 0 Å². The molecule has 2 heterocycles. The number of nitro groups is 1. The van der Waals surface area contributed by atoms with Gasteiger partial charge in [-0.1, -0.05) is 0 Å². The lowest BCUT2D eigenvalue weighted by Crippen LogP contribution is -2.17. The molecule has 84 valence electrons. The van der Waals surface area contributed by atoms with Crippen LogP contribution in [0.15, 0.2) is 11.3 Å². The molecule has 0 spiro atoms. The standard InChI is InChI=1S/C7H6N4O4S/c12-7-10(1-2-15-7)9-3-5-8-4-6(16-5)11(13)14/h3-4H,1-2H2/b9-3+. The van der Waals surface area contributed by atoms with Crippen LogP contribution >= 0.6 is 11.3 Å². The monoisotopic (exact) mass is 242 g/mol. The number of hydrazone groups is 1. The minimum Gasteiger partial charge on any atom is -0.446 e. The SMILES string of the molecule is O=C1OCCN1/N=C/c1ncc([N+](=O)[O-])s1. The molecule has 0 aromatic carbocycles. The van der Waals surface area contributed by atoms with E-state index in [1.54, 1.807) is 0 Å². The summed E-state index contributed by atoms with van der Waals surface area (Å²) in [4.78, 5) is 24.6. The van der Waals surface area contributed by atoms with Gasteiger partial charge in [0.05, 0.1) is 17.7 Å². The van der Waals surface area contributed by atoms with Gasteiger partial charge in [0.1, 0.15) is 17.8 Å². The van der Waals surface area contributed by atoms with Crippen molar-refractivity contribution in [3.63, 3.8) is 0 Å². The molecule has 1 saturated heterocycles. The Hall–Kier alpha value is -2.03. The number of aromatic nitrogens is 1. The number of carbonyl (C=O) groups is 1. The normalized spacial score (nSPS) is 15.8. The van der Waals surface area contributed by atoms with Gasteiger partial charge in [0.2, 0.25) is 0 Å². The van der Waals surface area contributed by atoms with Crippen LogP contribution in [0.3, 0.4) is 0 Å². The van der Waals surface area contributed by atoms with E-state index in [1.165, 1.54) is 6.21 Å². The second-order valence-electron chi connectivity index (χ2n) is 2.78. The molecule has 0 N–H and O–H groups in total. The molecule has 0 saturated carbocycles. The predicted octanol–water partition coefficient (Wildman–Crippen LogP) is 0.837. The van der Waals surface area contributed by atoms with Gasteiger partial charge in [-0.25, -0.2) is 9.78 Å². The molecule has 9 heteroatoms. The van der Waals surface area contributed by atoms with Gasteiger partial charge in [-0.15, -0.1) is 0 Å². The van der Waals surface area contributed by atoms with Gasteiger partial charge in [-0.05, 0) is 11.3 Å². The number of hydrogen-bond acceptors (Lipinski definition) is 7. The molecule has 16 heavy (non-hydrogen) atoms. The Kier molecular flexibility index (Phi) is 2.77. The third-order valence-corrected chi connectivity index (χ3v) is 2.62. The zero-order valence-corrected chi connectivity index (χ0v) is 8.72. The highest BCUT2D eigenvalue weighted by Crippen LogP contribution is 2.19. The minimum atomic E-state index is -0.529. The largest absolute Gasteiger partial charge is 0.446 e. The van der Waals surface area contributed by atoms with Gasteiger partial charge >= 0.3 is 11.1 Å². The Bertz CT molecular complexity index is 457. The van der Waals surface area contributed by atoms with Crippen LogP contribution in [-0.2, 0) is 4.74 Å². The maximum Gasteiger partial charge on any atom is 0.430 e. The quantitative estimate of drug-likeness (QED) is 0.444. The van der Waals surface area contributed by atoms with Crippen LogP contribution in [0.5, 0.6) is 0 Å². The molecule has 0 radical (unpaired) electrons. The van der Waals surface area contributed by atoms with Crippen LogP contribution < -0.4 is 0 Å². The van der Waals surface area contributed by atoms with Crippen LogP contribution in [0.2, 0.25) is 0 Å². The second-order valence-corrected chi connectivity index (χ2v) is 3.82. The third kappa shape index (κ3) is 2.14. The molecular formula is C7H6N4O4S. The molecule has 0 aliphatic carbocycles.